The Morgan fingerprint density at radius 1 is 1.00 bits per heavy atom. The fourth-order valence-corrected chi connectivity index (χ4v) is 6.94. The van der Waals surface area contributed by atoms with E-state index in [4.69, 9.17) is 10.2 Å². The van der Waals surface area contributed by atoms with E-state index in [0.29, 0.717) is 22.0 Å². The first-order chi connectivity index (χ1) is 13.1. The summed E-state index contributed by atoms with van der Waals surface area (Å²) in [6.07, 6.45) is -2.15. The largest absolute Gasteiger partial charge is 0.394 e. The lowest BCUT2D eigenvalue weighted by atomic mass is 10.1. The fraction of sp³-hybridized carbons (Fsp3) is 0.500. The first kappa shape index (κ1) is 26.0. The van der Waals surface area contributed by atoms with E-state index in [0.717, 1.165) is 0 Å². The van der Waals surface area contributed by atoms with Gasteiger partial charge in [0.05, 0.1) is 49.4 Å². The van der Waals surface area contributed by atoms with E-state index >= 15 is 0 Å². The maximum atomic E-state index is 13.0. The number of anilines is 1. The molecule has 0 radical (unpaired) electrons. The Balaban J connectivity index is 3.42. The van der Waals surface area contributed by atoms with Crippen LogP contribution in [0.1, 0.15) is 20.7 Å². The lowest BCUT2D eigenvalue weighted by Crippen LogP contribution is -2.38. The van der Waals surface area contributed by atoms with Gasteiger partial charge in [-0.05, 0) is 67.8 Å². The van der Waals surface area contributed by atoms with Crippen molar-refractivity contribution in [2.75, 3.05) is 45.7 Å². The van der Waals surface area contributed by atoms with Crippen LogP contribution in [0.5, 0.6) is 0 Å². The molecule has 1 aromatic rings. The van der Waals surface area contributed by atoms with Crippen molar-refractivity contribution >= 4 is 85.3 Å². The van der Waals surface area contributed by atoms with Gasteiger partial charge in [0.25, 0.3) is 11.8 Å². The zero-order valence-corrected chi connectivity index (χ0v) is 21.6. The molecule has 28 heavy (non-hydrogen) atoms. The molecule has 0 aliphatic carbocycles. The predicted molar refractivity (Wildman–Crippen MR) is 130 cm³/mol. The van der Waals surface area contributed by atoms with E-state index in [1.807, 2.05) is 67.8 Å². The van der Waals surface area contributed by atoms with Gasteiger partial charge >= 0.3 is 0 Å². The molecular formula is C16H22I3N3O6. The Morgan fingerprint density at radius 2 is 1.54 bits per heavy atom. The predicted octanol–water partition coefficient (Wildman–Crippen LogP) is 0.0503. The van der Waals surface area contributed by atoms with Crippen LogP contribution in [-0.4, -0.2) is 89.7 Å². The van der Waals surface area contributed by atoms with Gasteiger partial charge in [0.2, 0.25) is 0 Å². The molecule has 2 atom stereocenters. The molecule has 9 nitrogen and oxygen atoms in total. The molecular weight excluding hydrogens is 711 g/mol. The number of hydrogen-bond acceptors (Lipinski definition) is 7. The summed E-state index contributed by atoms with van der Waals surface area (Å²) in [7, 11) is 3.18. The molecule has 1 rings (SSSR count). The van der Waals surface area contributed by atoms with Gasteiger partial charge < -0.3 is 36.0 Å². The monoisotopic (exact) mass is 733 g/mol. The van der Waals surface area contributed by atoms with E-state index in [1.54, 1.807) is 7.05 Å². The van der Waals surface area contributed by atoms with Crippen molar-refractivity contribution in [3.05, 3.63) is 21.8 Å². The molecule has 0 spiro atoms. The number of carbonyl (C=O) groups excluding carboxylic acids is 2. The van der Waals surface area contributed by atoms with Gasteiger partial charge in [-0.25, -0.2) is 0 Å². The molecule has 2 unspecified atom stereocenters. The standard InChI is InChI=1S/C16H22I3N3O6/c1-20-14-12(18)9(15(27)21-3-7(25)5-23)11(17)10(13(14)19)16(28)22(2)4-8(26)6-24/h7-8,20,23-26H,3-6H2,1-2H3,(H,21,27). The molecule has 0 aliphatic rings. The Kier molecular flexibility index (Phi) is 11.1. The number of nitrogens with one attached hydrogen (secondary N) is 2. The number of halogens is 3. The second-order valence-electron chi connectivity index (χ2n) is 5.89. The average Bonchev–Trinajstić information content (AvgIpc) is 2.65. The van der Waals surface area contributed by atoms with E-state index in [2.05, 4.69) is 10.6 Å². The summed E-state index contributed by atoms with van der Waals surface area (Å²) in [4.78, 5) is 27.0. The highest BCUT2D eigenvalue weighted by molar-refractivity contribution is 14.1. The van der Waals surface area contributed by atoms with Crippen molar-refractivity contribution in [2.45, 2.75) is 12.2 Å². The number of carbonyl (C=O) groups is 2. The number of benzene rings is 1. The number of hydrogen-bond donors (Lipinski definition) is 6. The van der Waals surface area contributed by atoms with Gasteiger partial charge in [0.1, 0.15) is 0 Å². The summed E-state index contributed by atoms with van der Waals surface area (Å²) in [6.45, 7) is -1.15. The van der Waals surface area contributed by atoms with E-state index < -0.39 is 37.2 Å². The first-order valence-corrected chi connectivity index (χ1v) is 11.3. The van der Waals surface area contributed by atoms with Crippen molar-refractivity contribution in [1.29, 1.82) is 0 Å². The van der Waals surface area contributed by atoms with Gasteiger partial charge in [0.15, 0.2) is 0 Å². The Bertz CT molecular complexity index is 734. The normalized spacial score (nSPS) is 13.0. The summed E-state index contributed by atoms with van der Waals surface area (Å²) in [5, 5.41) is 42.6. The third-order valence-corrected chi connectivity index (χ3v) is 7.00. The molecule has 158 valence electrons. The number of amides is 2. The van der Waals surface area contributed by atoms with Crippen LogP contribution in [0.3, 0.4) is 0 Å². The van der Waals surface area contributed by atoms with Gasteiger partial charge in [-0.3, -0.25) is 9.59 Å². The third kappa shape index (κ3) is 6.24. The zero-order chi connectivity index (χ0) is 21.6. The van der Waals surface area contributed by atoms with Crippen LogP contribution in [0.15, 0.2) is 0 Å². The minimum Gasteiger partial charge on any atom is -0.394 e. The SMILES string of the molecule is CNc1c(I)c(C(=O)NCC(O)CO)c(I)c(C(=O)N(C)CC(O)CO)c1I. The topological polar surface area (TPSA) is 142 Å². The molecule has 2 amide bonds. The van der Waals surface area contributed by atoms with E-state index in [-0.39, 0.29) is 18.7 Å². The van der Waals surface area contributed by atoms with Crippen LogP contribution in [0.4, 0.5) is 5.69 Å². The third-order valence-electron chi connectivity index (χ3n) is 3.76. The molecule has 0 aliphatic heterocycles. The van der Waals surface area contributed by atoms with Gasteiger partial charge in [0, 0.05) is 30.8 Å². The van der Waals surface area contributed by atoms with Crippen molar-refractivity contribution in [1.82, 2.24) is 10.2 Å². The zero-order valence-electron chi connectivity index (χ0n) is 15.2. The minimum atomic E-state index is -1.08. The highest BCUT2D eigenvalue weighted by atomic mass is 127. The second kappa shape index (κ2) is 12.0. The Hall–Kier alpha value is -0.0100. The highest BCUT2D eigenvalue weighted by Crippen LogP contribution is 2.36. The number of aliphatic hydroxyl groups is 4. The van der Waals surface area contributed by atoms with Crippen LogP contribution in [0.25, 0.3) is 0 Å². The smallest absolute Gasteiger partial charge is 0.255 e. The van der Waals surface area contributed by atoms with E-state index in [9.17, 15) is 19.8 Å². The lowest BCUT2D eigenvalue weighted by Gasteiger charge is -2.24. The van der Waals surface area contributed by atoms with Crippen molar-refractivity contribution in [2.24, 2.45) is 0 Å². The number of aliphatic hydroxyl groups excluding tert-OH is 4. The molecule has 0 bridgehead atoms. The van der Waals surface area contributed by atoms with Gasteiger partial charge in [-0.1, -0.05) is 0 Å². The number of rotatable bonds is 9. The summed E-state index contributed by atoms with van der Waals surface area (Å²) in [5.74, 6) is -0.889. The average molecular weight is 733 g/mol. The van der Waals surface area contributed by atoms with Gasteiger partial charge in [-0.2, -0.15) is 0 Å². The molecule has 0 fully saturated rings. The summed E-state index contributed by atoms with van der Waals surface area (Å²) < 4.78 is 1.66. The molecule has 12 heteroatoms. The van der Waals surface area contributed by atoms with E-state index in [1.165, 1.54) is 11.9 Å². The van der Waals surface area contributed by atoms with Crippen molar-refractivity contribution in [3.8, 4) is 0 Å². The van der Waals surface area contributed by atoms with Crippen LogP contribution >= 0.6 is 67.8 Å². The van der Waals surface area contributed by atoms with Crippen LogP contribution in [0.2, 0.25) is 0 Å². The molecule has 1 aromatic carbocycles. The quantitative estimate of drug-likeness (QED) is 0.197. The molecule has 0 saturated carbocycles. The minimum absolute atomic E-state index is 0.0629. The first-order valence-electron chi connectivity index (χ1n) is 8.10. The summed E-state index contributed by atoms with van der Waals surface area (Å²) in [6, 6.07) is 0. The lowest BCUT2D eigenvalue weighted by molar-refractivity contribution is 0.0519. The molecule has 0 saturated heterocycles. The second-order valence-corrected chi connectivity index (χ2v) is 9.12. The van der Waals surface area contributed by atoms with Crippen LogP contribution < -0.4 is 10.6 Å². The van der Waals surface area contributed by atoms with Crippen molar-refractivity contribution in [3.63, 3.8) is 0 Å². The number of nitrogens with zero attached hydrogens (tertiary/aromatic N) is 1. The van der Waals surface area contributed by atoms with Crippen LogP contribution in [-0.2, 0) is 0 Å². The van der Waals surface area contributed by atoms with Gasteiger partial charge in [-0.15, -0.1) is 0 Å². The van der Waals surface area contributed by atoms with Crippen LogP contribution in [0, 0.1) is 10.7 Å². The molecule has 0 aromatic heterocycles. The number of likely N-dealkylation sites (N-methyl/N-ethyl adjacent to an activating group) is 1. The fourth-order valence-electron chi connectivity index (χ4n) is 2.28. The molecule has 6 N–H and O–H groups in total. The van der Waals surface area contributed by atoms with Crippen molar-refractivity contribution < 1.29 is 30.0 Å². The Morgan fingerprint density at radius 3 is 2.04 bits per heavy atom. The Labute approximate surface area is 203 Å². The maximum absolute atomic E-state index is 13.0. The molecule has 0 heterocycles. The summed E-state index contributed by atoms with van der Waals surface area (Å²) >= 11 is 5.97. The maximum Gasteiger partial charge on any atom is 0.255 e. The highest BCUT2D eigenvalue weighted by Gasteiger charge is 2.29. The summed E-state index contributed by atoms with van der Waals surface area (Å²) in [5.41, 5.74) is 1.18.